The fourth-order valence-corrected chi connectivity index (χ4v) is 3.01. The van der Waals surface area contributed by atoms with Crippen LogP contribution >= 0.6 is 0 Å². The second kappa shape index (κ2) is 6.89. The number of aromatic nitrogens is 1. The van der Waals surface area contributed by atoms with E-state index in [9.17, 15) is 4.79 Å². The number of rotatable bonds is 5. The maximum atomic E-state index is 12.6. The summed E-state index contributed by atoms with van der Waals surface area (Å²) in [4.78, 5) is 12.6. The van der Waals surface area contributed by atoms with Crippen molar-refractivity contribution in [2.24, 2.45) is 0 Å². The van der Waals surface area contributed by atoms with Gasteiger partial charge in [-0.1, -0.05) is 18.2 Å². The fraction of sp³-hybridized carbons (Fsp3) is 0.250. The van der Waals surface area contributed by atoms with E-state index >= 15 is 0 Å². The van der Waals surface area contributed by atoms with Gasteiger partial charge in [-0.2, -0.15) is 0 Å². The first kappa shape index (κ1) is 16.9. The number of carbonyl (C=O) groups excluding carboxylic acids is 1. The second-order valence-corrected chi connectivity index (χ2v) is 6.00. The summed E-state index contributed by atoms with van der Waals surface area (Å²) in [7, 11) is 3.17. The third-order valence-electron chi connectivity index (χ3n) is 4.32. The molecule has 0 aliphatic rings. The number of methoxy groups -OCH3 is 2. The Morgan fingerprint density at radius 1 is 1.04 bits per heavy atom. The van der Waals surface area contributed by atoms with Crippen molar-refractivity contribution in [3.63, 3.8) is 0 Å². The van der Waals surface area contributed by atoms with Gasteiger partial charge in [0.15, 0.2) is 11.5 Å². The van der Waals surface area contributed by atoms with E-state index in [4.69, 9.17) is 9.47 Å². The molecule has 2 aromatic carbocycles. The largest absolute Gasteiger partial charge is 0.493 e. The topological polar surface area (TPSA) is 52.5 Å². The molecule has 5 heteroatoms. The molecular formula is C20H22N2O3. The molecule has 3 rings (SSSR count). The highest BCUT2D eigenvalue weighted by Gasteiger charge is 2.13. The standard InChI is InChI=1S/C20H22N2O3/c1-13-9-18(24-3)19(25-4)11-16(13)21-20(23)12-22-14(2)10-15-7-5-6-8-17(15)22/h5-11H,12H2,1-4H3,(H,21,23). The summed E-state index contributed by atoms with van der Waals surface area (Å²) >= 11 is 0. The van der Waals surface area contributed by atoms with Gasteiger partial charge in [-0.05, 0) is 43.0 Å². The fourth-order valence-electron chi connectivity index (χ4n) is 3.01. The lowest BCUT2D eigenvalue weighted by Gasteiger charge is -2.14. The molecule has 0 aliphatic heterocycles. The molecule has 1 heterocycles. The van der Waals surface area contributed by atoms with E-state index in [-0.39, 0.29) is 12.5 Å². The van der Waals surface area contributed by atoms with Crippen LogP contribution in [0.25, 0.3) is 10.9 Å². The van der Waals surface area contributed by atoms with Crippen LogP contribution in [0.3, 0.4) is 0 Å². The highest BCUT2D eigenvalue weighted by atomic mass is 16.5. The Balaban J connectivity index is 1.84. The van der Waals surface area contributed by atoms with E-state index in [1.165, 1.54) is 0 Å². The lowest BCUT2D eigenvalue weighted by Crippen LogP contribution is -2.20. The van der Waals surface area contributed by atoms with Crippen LogP contribution in [0.1, 0.15) is 11.3 Å². The molecule has 0 fully saturated rings. The monoisotopic (exact) mass is 338 g/mol. The normalized spacial score (nSPS) is 10.7. The van der Waals surface area contributed by atoms with Gasteiger partial charge in [-0.25, -0.2) is 0 Å². The summed E-state index contributed by atoms with van der Waals surface area (Å²) in [5.41, 5.74) is 3.75. The van der Waals surface area contributed by atoms with Crippen LogP contribution in [-0.4, -0.2) is 24.7 Å². The summed E-state index contributed by atoms with van der Waals surface area (Å²) in [6.07, 6.45) is 0. The van der Waals surface area contributed by atoms with Gasteiger partial charge in [0.1, 0.15) is 6.54 Å². The van der Waals surface area contributed by atoms with Gasteiger partial charge in [0, 0.05) is 23.0 Å². The molecule has 0 saturated carbocycles. The van der Waals surface area contributed by atoms with E-state index in [1.54, 1.807) is 20.3 Å². The number of nitrogens with one attached hydrogen (secondary N) is 1. The average Bonchev–Trinajstić information content (AvgIpc) is 2.92. The van der Waals surface area contributed by atoms with Crippen molar-refractivity contribution >= 4 is 22.5 Å². The van der Waals surface area contributed by atoms with Gasteiger partial charge >= 0.3 is 0 Å². The lowest BCUT2D eigenvalue weighted by molar-refractivity contribution is -0.116. The van der Waals surface area contributed by atoms with Crippen molar-refractivity contribution in [3.05, 3.63) is 53.7 Å². The highest BCUT2D eigenvalue weighted by molar-refractivity contribution is 5.93. The summed E-state index contributed by atoms with van der Waals surface area (Å²) in [6.45, 7) is 4.19. The zero-order chi connectivity index (χ0) is 18.0. The number of carbonyl (C=O) groups is 1. The molecule has 1 aromatic heterocycles. The number of para-hydroxylation sites is 1. The van der Waals surface area contributed by atoms with Crippen molar-refractivity contribution in [3.8, 4) is 11.5 Å². The Kier molecular flexibility index (Phi) is 4.65. The molecule has 0 aliphatic carbocycles. The second-order valence-electron chi connectivity index (χ2n) is 6.00. The van der Waals surface area contributed by atoms with Crippen molar-refractivity contribution in [1.29, 1.82) is 0 Å². The summed E-state index contributed by atoms with van der Waals surface area (Å²) < 4.78 is 12.6. The SMILES string of the molecule is COc1cc(C)c(NC(=O)Cn2c(C)cc3ccccc32)cc1OC. The van der Waals surface area contributed by atoms with Crippen molar-refractivity contribution in [2.75, 3.05) is 19.5 Å². The number of fused-ring (bicyclic) bond motifs is 1. The zero-order valence-electron chi connectivity index (χ0n) is 14.9. The minimum atomic E-state index is -0.0835. The van der Waals surface area contributed by atoms with E-state index in [2.05, 4.69) is 17.4 Å². The minimum absolute atomic E-state index is 0.0835. The summed E-state index contributed by atoms with van der Waals surface area (Å²) in [5, 5.41) is 4.11. The molecule has 0 spiro atoms. The number of aryl methyl sites for hydroxylation is 2. The van der Waals surface area contributed by atoms with Crippen molar-refractivity contribution < 1.29 is 14.3 Å². The number of ether oxygens (including phenoxy) is 2. The van der Waals surface area contributed by atoms with Gasteiger partial charge in [0.2, 0.25) is 5.91 Å². The van der Waals surface area contributed by atoms with Crippen molar-refractivity contribution in [1.82, 2.24) is 4.57 Å². The minimum Gasteiger partial charge on any atom is -0.493 e. The smallest absolute Gasteiger partial charge is 0.244 e. The van der Waals surface area contributed by atoms with Gasteiger partial charge < -0.3 is 19.4 Å². The van der Waals surface area contributed by atoms with Crippen LogP contribution in [0.2, 0.25) is 0 Å². The highest BCUT2D eigenvalue weighted by Crippen LogP contribution is 2.33. The van der Waals surface area contributed by atoms with Crippen molar-refractivity contribution in [2.45, 2.75) is 20.4 Å². The first-order chi connectivity index (χ1) is 12.0. The average molecular weight is 338 g/mol. The molecular weight excluding hydrogens is 316 g/mol. The molecule has 5 nitrogen and oxygen atoms in total. The predicted octanol–water partition coefficient (Wildman–Crippen LogP) is 3.91. The number of hydrogen-bond donors (Lipinski definition) is 1. The Morgan fingerprint density at radius 2 is 1.72 bits per heavy atom. The first-order valence-corrected chi connectivity index (χ1v) is 8.11. The quantitative estimate of drug-likeness (QED) is 0.767. The Bertz CT molecular complexity index is 928. The van der Waals surface area contributed by atoms with E-state index in [0.29, 0.717) is 11.5 Å². The molecule has 0 unspecified atom stereocenters. The van der Waals surface area contributed by atoms with Crippen LogP contribution in [0.5, 0.6) is 11.5 Å². The Morgan fingerprint density at radius 3 is 2.44 bits per heavy atom. The predicted molar refractivity (Wildman–Crippen MR) is 99.6 cm³/mol. The van der Waals surface area contributed by atoms with Gasteiger partial charge in [-0.15, -0.1) is 0 Å². The molecule has 0 saturated heterocycles. The molecule has 1 N–H and O–H groups in total. The van der Waals surface area contributed by atoms with Crippen LogP contribution in [-0.2, 0) is 11.3 Å². The molecule has 0 radical (unpaired) electrons. The number of nitrogens with zero attached hydrogens (tertiary/aromatic N) is 1. The first-order valence-electron chi connectivity index (χ1n) is 8.11. The van der Waals surface area contributed by atoms with Crippen LogP contribution < -0.4 is 14.8 Å². The molecule has 0 atom stereocenters. The lowest BCUT2D eigenvalue weighted by atomic mass is 10.1. The maximum absolute atomic E-state index is 12.6. The Hall–Kier alpha value is -2.95. The summed E-state index contributed by atoms with van der Waals surface area (Å²) in [5.74, 6) is 1.15. The molecule has 130 valence electrons. The third-order valence-corrected chi connectivity index (χ3v) is 4.32. The van der Waals surface area contributed by atoms with Crippen LogP contribution in [0.15, 0.2) is 42.5 Å². The molecule has 3 aromatic rings. The Labute approximate surface area is 147 Å². The number of anilines is 1. The van der Waals surface area contributed by atoms with Gasteiger partial charge in [0.25, 0.3) is 0 Å². The molecule has 0 bridgehead atoms. The van der Waals surface area contributed by atoms with Gasteiger partial charge in [-0.3, -0.25) is 4.79 Å². The van der Waals surface area contributed by atoms with Crippen LogP contribution in [0, 0.1) is 13.8 Å². The van der Waals surface area contributed by atoms with E-state index in [1.807, 2.05) is 42.7 Å². The number of amides is 1. The van der Waals surface area contributed by atoms with Gasteiger partial charge in [0.05, 0.1) is 14.2 Å². The maximum Gasteiger partial charge on any atom is 0.244 e. The molecule has 25 heavy (non-hydrogen) atoms. The summed E-state index contributed by atoms with van der Waals surface area (Å²) in [6, 6.07) is 13.8. The van der Waals surface area contributed by atoms with Crippen LogP contribution in [0.4, 0.5) is 5.69 Å². The zero-order valence-corrected chi connectivity index (χ0v) is 14.9. The third kappa shape index (κ3) is 3.31. The van der Waals surface area contributed by atoms with E-state index in [0.717, 1.165) is 27.8 Å². The number of hydrogen-bond acceptors (Lipinski definition) is 3. The molecule has 1 amide bonds. The number of benzene rings is 2. The van der Waals surface area contributed by atoms with E-state index < -0.39 is 0 Å².